The van der Waals surface area contributed by atoms with E-state index in [9.17, 15) is 5.11 Å². The molecule has 0 aliphatic carbocycles. The minimum atomic E-state index is -0.185. The molecule has 0 aromatic carbocycles. The highest BCUT2D eigenvalue weighted by Gasteiger charge is 2.36. The van der Waals surface area contributed by atoms with E-state index < -0.39 is 0 Å². The van der Waals surface area contributed by atoms with Gasteiger partial charge in [-0.15, -0.1) is 6.58 Å². The average Bonchev–Trinajstić information content (AvgIpc) is 2.68. The first-order chi connectivity index (χ1) is 5.27. The number of aliphatic hydroxyl groups is 1. The predicted molar refractivity (Wildman–Crippen MR) is 44.4 cm³/mol. The van der Waals surface area contributed by atoms with Gasteiger partial charge in [0, 0.05) is 6.42 Å². The zero-order chi connectivity index (χ0) is 8.27. The maximum Gasteiger partial charge on any atom is 0.102 e. The molecule has 0 bridgehead atoms. The van der Waals surface area contributed by atoms with E-state index in [4.69, 9.17) is 4.74 Å². The number of rotatable bonds is 5. The summed E-state index contributed by atoms with van der Waals surface area (Å²) in [7, 11) is 0. The second kappa shape index (κ2) is 3.88. The first-order valence-electron chi connectivity index (χ1n) is 4.24. The molecule has 1 heterocycles. The lowest BCUT2D eigenvalue weighted by atomic mass is 10.1. The van der Waals surface area contributed by atoms with Crippen molar-refractivity contribution in [3.05, 3.63) is 12.7 Å². The van der Waals surface area contributed by atoms with Crippen molar-refractivity contribution in [2.45, 2.75) is 44.5 Å². The van der Waals surface area contributed by atoms with E-state index >= 15 is 0 Å². The van der Waals surface area contributed by atoms with Crippen LogP contribution in [0, 0.1) is 0 Å². The molecule has 1 N–H and O–H groups in total. The Bertz CT molecular complexity index is 134. The molecule has 64 valence electrons. The summed E-state index contributed by atoms with van der Waals surface area (Å²) in [5.74, 6) is 0. The Kier molecular flexibility index (Phi) is 3.09. The molecule has 2 nitrogen and oxygen atoms in total. The van der Waals surface area contributed by atoms with Gasteiger partial charge in [-0.2, -0.15) is 0 Å². The number of ether oxygens (including phenoxy) is 1. The Morgan fingerprint density at radius 2 is 2.45 bits per heavy atom. The SMILES string of the molecule is C=C[C@@H]1O[C@@H]1C[C@@H](O)CCC. The van der Waals surface area contributed by atoms with Crippen LogP contribution in [0.15, 0.2) is 12.7 Å². The Morgan fingerprint density at radius 3 is 2.91 bits per heavy atom. The van der Waals surface area contributed by atoms with E-state index in [2.05, 4.69) is 13.5 Å². The third-order valence-electron chi connectivity index (χ3n) is 1.98. The number of epoxide rings is 1. The third kappa shape index (κ3) is 2.64. The summed E-state index contributed by atoms with van der Waals surface area (Å²) in [5, 5.41) is 9.36. The van der Waals surface area contributed by atoms with E-state index in [0.717, 1.165) is 19.3 Å². The zero-order valence-corrected chi connectivity index (χ0v) is 6.99. The van der Waals surface area contributed by atoms with Gasteiger partial charge >= 0.3 is 0 Å². The fraction of sp³-hybridized carbons (Fsp3) is 0.778. The Balaban J connectivity index is 2.07. The Hall–Kier alpha value is -0.340. The van der Waals surface area contributed by atoms with Crippen LogP contribution in [0.2, 0.25) is 0 Å². The van der Waals surface area contributed by atoms with Gasteiger partial charge in [-0.25, -0.2) is 0 Å². The van der Waals surface area contributed by atoms with Gasteiger partial charge in [0.1, 0.15) is 6.10 Å². The molecule has 0 unspecified atom stereocenters. The van der Waals surface area contributed by atoms with Crippen molar-refractivity contribution in [2.75, 3.05) is 0 Å². The van der Waals surface area contributed by atoms with E-state index in [-0.39, 0.29) is 18.3 Å². The molecular weight excluding hydrogens is 140 g/mol. The number of aliphatic hydroxyl groups excluding tert-OH is 1. The molecule has 2 heteroatoms. The molecule has 0 aromatic rings. The van der Waals surface area contributed by atoms with Crippen molar-refractivity contribution in [1.29, 1.82) is 0 Å². The summed E-state index contributed by atoms with van der Waals surface area (Å²) in [6.45, 7) is 5.69. The van der Waals surface area contributed by atoms with Gasteiger partial charge in [0.25, 0.3) is 0 Å². The van der Waals surface area contributed by atoms with Gasteiger partial charge in [0.15, 0.2) is 0 Å². The molecular formula is C9H16O2. The summed E-state index contributed by atoms with van der Waals surface area (Å²) in [5.41, 5.74) is 0. The standard InChI is InChI=1S/C9H16O2/c1-3-5-7(10)6-9-8(4-2)11-9/h4,7-10H,2-3,5-6H2,1H3/t7-,8-,9+/m0/s1. The summed E-state index contributed by atoms with van der Waals surface area (Å²) in [6.07, 6.45) is 4.75. The van der Waals surface area contributed by atoms with Crippen LogP contribution in [0.1, 0.15) is 26.2 Å². The normalized spacial score (nSPS) is 31.5. The van der Waals surface area contributed by atoms with Crippen molar-refractivity contribution < 1.29 is 9.84 Å². The molecule has 0 spiro atoms. The minimum absolute atomic E-state index is 0.185. The summed E-state index contributed by atoms with van der Waals surface area (Å²) < 4.78 is 5.21. The molecule has 1 aliphatic rings. The van der Waals surface area contributed by atoms with Crippen molar-refractivity contribution in [3.8, 4) is 0 Å². The second-order valence-electron chi connectivity index (χ2n) is 3.05. The summed E-state index contributed by atoms with van der Waals surface area (Å²) in [6, 6.07) is 0. The zero-order valence-electron chi connectivity index (χ0n) is 6.99. The van der Waals surface area contributed by atoms with Crippen LogP contribution >= 0.6 is 0 Å². The smallest absolute Gasteiger partial charge is 0.102 e. The molecule has 0 aromatic heterocycles. The van der Waals surface area contributed by atoms with Crippen LogP contribution < -0.4 is 0 Å². The second-order valence-corrected chi connectivity index (χ2v) is 3.05. The van der Waals surface area contributed by atoms with Crippen molar-refractivity contribution >= 4 is 0 Å². The first kappa shape index (κ1) is 8.75. The summed E-state index contributed by atoms with van der Waals surface area (Å²) in [4.78, 5) is 0. The average molecular weight is 156 g/mol. The molecule has 11 heavy (non-hydrogen) atoms. The van der Waals surface area contributed by atoms with Crippen LogP contribution in [0.5, 0.6) is 0 Å². The van der Waals surface area contributed by atoms with Crippen molar-refractivity contribution in [3.63, 3.8) is 0 Å². The van der Waals surface area contributed by atoms with Crippen LogP contribution in [-0.2, 0) is 4.74 Å². The molecule has 0 radical (unpaired) electrons. The van der Waals surface area contributed by atoms with Gasteiger partial charge in [-0.05, 0) is 6.42 Å². The van der Waals surface area contributed by atoms with Crippen LogP contribution in [0.4, 0.5) is 0 Å². The van der Waals surface area contributed by atoms with E-state index in [1.807, 2.05) is 0 Å². The highest BCUT2D eigenvalue weighted by Crippen LogP contribution is 2.27. The quantitative estimate of drug-likeness (QED) is 0.483. The van der Waals surface area contributed by atoms with Crippen LogP contribution in [0.3, 0.4) is 0 Å². The lowest BCUT2D eigenvalue weighted by molar-refractivity contribution is 0.142. The van der Waals surface area contributed by atoms with Gasteiger partial charge < -0.3 is 9.84 Å². The fourth-order valence-electron chi connectivity index (χ4n) is 1.27. The van der Waals surface area contributed by atoms with E-state index in [0.29, 0.717) is 0 Å². The van der Waals surface area contributed by atoms with Gasteiger partial charge in [0.05, 0.1) is 12.2 Å². The predicted octanol–water partition coefficient (Wildman–Crippen LogP) is 1.49. The maximum absolute atomic E-state index is 9.36. The van der Waals surface area contributed by atoms with Crippen LogP contribution in [0.25, 0.3) is 0 Å². The first-order valence-corrected chi connectivity index (χ1v) is 4.24. The molecule has 1 rings (SSSR count). The van der Waals surface area contributed by atoms with Gasteiger partial charge in [-0.1, -0.05) is 19.4 Å². The van der Waals surface area contributed by atoms with E-state index in [1.54, 1.807) is 6.08 Å². The van der Waals surface area contributed by atoms with Gasteiger partial charge in [-0.3, -0.25) is 0 Å². The summed E-state index contributed by atoms with van der Waals surface area (Å²) >= 11 is 0. The Labute approximate surface area is 67.9 Å². The molecule has 0 amide bonds. The molecule has 0 saturated carbocycles. The van der Waals surface area contributed by atoms with Crippen molar-refractivity contribution in [2.24, 2.45) is 0 Å². The lowest BCUT2D eigenvalue weighted by Crippen LogP contribution is -2.10. The highest BCUT2D eigenvalue weighted by molar-refractivity contribution is 4.98. The third-order valence-corrected chi connectivity index (χ3v) is 1.98. The largest absolute Gasteiger partial charge is 0.393 e. The molecule has 1 aliphatic heterocycles. The molecule has 3 atom stereocenters. The van der Waals surface area contributed by atoms with Crippen molar-refractivity contribution in [1.82, 2.24) is 0 Å². The minimum Gasteiger partial charge on any atom is -0.393 e. The maximum atomic E-state index is 9.36. The molecule has 1 saturated heterocycles. The lowest BCUT2D eigenvalue weighted by Gasteiger charge is -2.05. The number of hydrogen-bond acceptors (Lipinski definition) is 2. The number of hydrogen-bond donors (Lipinski definition) is 1. The van der Waals surface area contributed by atoms with E-state index in [1.165, 1.54) is 0 Å². The van der Waals surface area contributed by atoms with Gasteiger partial charge in [0.2, 0.25) is 0 Å². The molecule has 1 fully saturated rings. The topological polar surface area (TPSA) is 32.8 Å². The Morgan fingerprint density at radius 1 is 1.73 bits per heavy atom. The monoisotopic (exact) mass is 156 g/mol. The van der Waals surface area contributed by atoms with Crippen LogP contribution in [-0.4, -0.2) is 23.4 Å². The fourth-order valence-corrected chi connectivity index (χ4v) is 1.27. The highest BCUT2D eigenvalue weighted by atomic mass is 16.6.